The minimum Gasteiger partial charge on any atom is -0.428 e. The van der Waals surface area contributed by atoms with Gasteiger partial charge in [0.1, 0.15) is 5.75 Å². The Morgan fingerprint density at radius 3 is 2.40 bits per heavy atom. The molecule has 4 nitrogen and oxygen atoms in total. The van der Waals surface area contributed by atoms with E-state index in [2.05, 4.69) is 0 Å². The van der Waals surface area contributed by atoms with Gasteiger partial charge < -0.3 is 9.64 Å². The summed E-state index contributed by atoms with van der Waals surface area (Å²) in [6, 6.07) is 10.8. The third kappa shape index (κ3) is 2.50. The molecule has 0 atom stereocenters. The SMILES string of the molecule is CCN(CC)C(=O)c1cccc2c(OC=O)cccc12. The van der Waals surface area contributed by atoms with E-state index in [1.807, 2.05) is 26.0 Å². The fraction of sp³-hybridized carbons (Fsp3) is 0.250. The number of hydrogen-bond acceptors (Lipinski definition) is 3. The molecule has 0 N–H and O–H groups in total. The van der Waals surface area contributed by atoms with Gasteiger partial charge in [-0.05, 0) is 31.4 Å². The predicted octanol–water partition coefficient (Wildman–Crippen LogP) is 2.86. The molecule has 0 aromatic heterocycles. The first-order valence-electron chi connectivity index (χ1n) is 6.64. The monoisotopic (exact) mass is 271 g/mol. The zero-order chi connectivity index (χ0) is 14.5. The van der Waals surface area contributed by atoms with Gasteiger partial charge in [0, 0.05) is 24.0 Å². The Morgan fingerprint density at radius 1 is 1.10 bits per heavy atom. The quantitative estimate of drug-likeness (QED) is 0.786. The highest BCUT2D eigenvalue weighted by molar-refractivity contribution is 6.08. The van der Waals surface area contributed by atoms with Gasteiger partial charge in [-0.3, -0.25) is 9.59 Å². The Balaban J connectivity index is 2.58. The van der Waals surface area contributed by atoms with Crippen LogP contribution in [0.4, 0.5) is 0 Å². The highest BCUT2D eigenvalue weighted by atomic mass is 16.5. The van der Waals surface area contributed by atoms with Crippen LogP contribution in [0.2, 0.25) is 0 Å². The number of nitrogens with zero attached hydrogens (tertiary/aromatic N) is 1. The van der Waals surface area contributed by atoms with Crippen LogP contribution in [-0.4, -0.2) is 30.4 Å². The summed E-state index contributed by atoms with van der Waals surface area (Å²) in [6.45, 7) is 5.63. The summed E-state index contributed by atoms with van der Waals surface area (Å²) in [4.78, 5) is 24.8. The van der Waals surface area contributed by atoms with Crippen LogP contribution in [0.3, 0.4) is 0 Å². The Morgan fingerprint density at radius 2 is 1.75 bits per heavy atom. The molecular weight excluding hydrogens is 254 g/mol. The smallest absolute Gasteiger partial charge is 0.298 e. The maximum Gasteiger partial charge on any atom is 0.298 e. The summed E-state index contributed by atoms with van der Waals surface area (Å²) < 4.78 is 4.96. The second kappa shape index (κ2) is 6.19. The van der Waals surface area contributed by atoms with Crippen LogP contribution in [-0.2, 0) is 4.79 Å². The van der Waals surface area contributed by atoms with E-state index in [1.165, 1.54) is 0 Å². The third-order valence-corrected chi connectivity index (χ3v) is 3.34. The van der Waals surface area contributed by atoms with Gasteiger partial charge in [0.05, 0.1) is 0 Å². The molecule has 0 unspecified atom stereocenters. The Bertz CT molecular complexity index is 633. The van der Waals surface area contributed by atoms with Gasteiger partial charge in [-0.1, -0.05) is 24.3 Å². The largest absolute Gasteiger partial charge is 0.428 e. The topological polar surface area (TPSA) is 46.6 Å². The molecule has 0 bridgehead atoms. The van der Waals surface area contributed by atoms with Crippen LogP contribution in [0, 0.1) is 0 Å². The first-order valence-corrected chi connectivity index (χ1v) is 6.64. The lowest BCUT2D eigenvalue weighted by Gasteiger charge is -2.19. The van der Waals surface area contributed by atoms with Crippen molar-refractivity contribution in [3.63, 3.8) is 0 Å². The molecule has 1 amide bonds. The van der Waals surface area contributed by atoms with E-state index >= 15 is 0 Å². The molecule has 0 aliphatic rings. The Labute approximate surface area is 117 Å². The van der Waals surface area contributed by atoms with E-state index in [9.17, 15) is 9.59 Å². The number of fused-ring (bicyclic) bond motifs is 1. The van der Waals surface area contributed by atoms with Crippen molar-refractivity contribution in [2.45, 2.75) is 13.8 Å². The lowest BCUT2D eigenvalue weighted by Crippen LogP contribution is -2.30. The average molecular weight is 271 g/mol. The van der Waals surface area contributed by atoms with Crippen LogP contribution >= 0.6 is 0 Å². The molecule has 0 radical (unpaired) electrons. The van der Waals surface area contributed by atoms with Gasteiger partial charge >= 0.3 is 0 Å². The molecule has 0 fully saturated rings. The highest BCUT2D eigenvalue weighted by Gasteiger charge is 2.16. The van der Waals surface area contributed by atoms with E-state index in [0.717, 1.165) is 10.8 Å². The van der Waals surface area contributed by atoms with E-state index in [4.69, 9.17) is 4.74 Å². The summed E-state index contributed by atoms with van der Waals surface area (Å²) in [5.41, 5.74) is 0.627. The molecule has 2 rings (SSSR count). The Kier molecular flexibility index (Phi) is 4.35. The van der Waals surface area contributed by atoms with Crippen molar-refractivity contribution in [1.82, 2.24) is 4.90 Å². The molecule has 4 heteroatoms. The fourth-order valence-electron chi connectivity index (χ4n) is 2.30. The van der Waals surface area contributed by atoms with Crippen molar-refractivity contribution in [3.05, 3.63) is 42.0 Å². The lowest BCUT2D eigenvalue weighted by atomic mass is 10.0. The molecule has 2 aromatic carbocycles. The number of benzene rings is 2. The van der Waals surface area contributed by atoms with Gasteiger partial charge in [0.25, 0.3) is 12.4 Å². The first kappa shape index (κ1) is 14.1. The average Bonchev–Trinajstić information content (AvgIpc) is 2.48. The van der Waals surface area contributed by atoms with E-state index in [0.29, 0.717) is 30.9 Å². The van der Waals surface area contributed by atoms with Crippen LogP contribution in [0.5, 0.6) is 5.75 Å². The number of amides is 1. The fourth-order valence-corrected chi connectivity index (χ4v) is 2.30. The highest BCUT2D eigenvalue weighted by Crippen LogP contribution is 2.28. The molecule has 104 valence electrons. The second-order valence-electron chi connectivity index (χ2n) is 4.35. The minimum absolute atomic E-state index is 0.0103. The standard InChI is InChI=1S/C16H17NO3/c1-3-17(4-2)16(19)14-9-5-8-13-12(14)7-6-10-15(13)20-11-18/h5-11H,3-4H2,1-2H3. The molecule has 2 aromatic rings. The summed E-state index contributed by atoms with van der Waals surface area (Å²) >= 11 is 0. The maximum absolute atomic E-state index is 12.5. The van der Waals surface area contributed by atoms with Crippen LogP contribution in [0.1, 0.15) is 24.2 Å². The van der Waals surface area contributed by atoms with Crippen LogP contribution < -0.4 is 4.74 Å². The predicted molar refractivity (Wildman–Crippen MR) is 77.9 cm³/mol. The lowest BCUT2D eigenvalue weighted by molar-refractivity contribution is -0.120. The molecule has 0 aliphatic heterocycles. The number of carbonyl (C=O) groups excluding carboxylic acids is 2. The van der Waals surface area contributed by atoms with Gasteiger partial charge in [0.2, 0.25) is 0 Å². The van der Waals surface area contributed by atoms with Crippen molar-refractivity contribution in [3.8, 4) is 5.75 Å². The van der Waals surface area contributed by atoms with Crippen molar-refractivity contribution in [2.24, 2.45) is 0 Å². The maximum atomic E-state index is 12.5. The summed E-state index contributed by atoms with van der Waals surface area (Å²) in [6.07, 6.45) is 0. The normalized spacial score (nSPS) is 10.3. The van der Waals surface area contributed by atoms with Crippen LogP contribution in [0.25, 0.3) is 10.8 Å². The third-order valence-electron chi connectivity index (χ3n) is 3.34. The van der Waals surface area contributed by atoms with Crippen molar-refractivity contribution in [1.29, 1.82) is 0 Å². The number of carbonyl (C=O) groups is 2. The van der Waals surface area contributed by atoms with Crippen molar-refractivity contribution >= 4 is 23.2 Å². The summed E-state index contributed by atoms with van der Waals surface area (Å²) in [5, 5.41) is 1.56. The molecule has 0 heterocycles. The van der Waals surface area contributed by atoms with Gasteiger partial charge in [-0.25, -0.2) is 0 Å². The number of ether oxygens (including phenoxy) is 1. The van der Waals surface area contributed by atoms with Crippen molar-refractivity contribution < 1.29 is 14.3 Å². The molecule has 20 heavy (non-hydrogen) atoms. The zero-order valence-corrected chi connectivity index (χ0v) is 11.6. The van der Waals surface area contributed by atoms with Crippen molar-refractivity contribution in [2.75, 3.05) is 13.1 Å². The number of rotatable bonds is 5. The Hall–Kier alpha value is -2.36. The van der Waals surface area contributed by atoms with Gasteiger partial charge in [-0.2, -0.15) is 0 Å². The van der Waals surface area contributed by atoms with Gasteiger partial charge in [-0.15, -0.1) is 0 Å². The summed E-state index contributed by atoms with van der Waals surface area (Å²) in [5.74, 6) is 0.454. The molecule has 0 spiro atoms. The molecule has 0 aliphatic carbocycles. The zero-order valence-electron chi connectivity index (χ0n) is 11.6. The van der Waals surface area contributed by atoms with Crippen LogP contribution in [0.15, 0.2) is 36.4 Å². The van der Waals surface area contributed by atoms with E-state index < -0.39 is 0 Å². The summed E-state index contributed by atoms with van der Waals surface area (Å²) in [7, 11) is 0. The van der Waals surface area contributed by atoms with E-state index in [1.54, 1.807) is 29.2 Å². The number of hydrogen-bond donors (Lipinski definition) is 0. The van der Waals surface area contributed by atoms with E-state index in [-0.39, 0.29) is 5.91 Å². The second-order valence-corrected chi connectivity index (χ2v) is 4.35. The first-order chi connectivity index (χ1) is 9.72. The molecule has 0 saturated carbocycles. The molecular formula is C16H17NO3. The van der Waals surface area contributed by atoms with Gasteiger partial charge in [0.15, 0.2) is 0 Å². The minimum atomic E-state index is -0.0103. The molecule has 0 saturated heterocycles.